The number of carbonyl (C=O) groups is 1. The van der Waals surface area contributed by atoms with Crippen LogP contribution in [-0.2, 0) is 16.6 Å². The van der Waals surface area contributed by atoms with Crippen molar-refractivity contribution in [2.75, 3.05) is 18.4 Å². The van der Waals surface area contributed by atoms with Crippen LogP contribution in [0.3, 0.4) is 0 Å². The Hall–Kier alpha value is -3.23. The van der Waals surface area contributed by atoms with E-state index in [0.717, 1.165) is 24.8 Å². The van der Waals surface area contributed by atoms with Gasteiger partial charge in [0.15, 0.2) is 0 Å². The first-order valence-corrected chi connectivity index (χ1v) is 12.0. The lowest BCUT2D eigenvalue weighted by Crippen LogP contribution is -2.35. The highest BCUT2D eigenvalue weighted by Crippen LogP contribution is 2.23. The second-order valence-electron chi connectivity index (χ2n) is 7.62. The minimum atomic E-state index is -3.60. The molecule has 0 radical (unpaired) electrons. The molecule has 166 valence electrons. The maximum atomic E-state index is 12.9. The molecule has 0 bridgehead atoms. The summed E-state index contributed by atoms with van der Waals surface area (Å²) in [5.41, 5.74) is 1.78. The number of pyridine rings is 1. The van der Waals surface area contributed by atoms with E-state index in [0.29, 0.717) is 31.1 Å². The van der Waals surface area contributed by atoms with Gasteiger partial charge < -0.3 is 10.1 Å². The van der Waals surface area contributed by atoms with Gasteiger partial charge in [0.25, 0.3) is 5.91 Å². The molecule has 7 nitrogen and oxygen atoms in total. The van der Waals surface area contributed by atoms with Crippen molar-refractivity contribution < 1.29 is 17.9 Å². The quantitative estimate of drug-likeness (QED) is 0.585. The normalized spacial score (nSPS) is 14.6. The molecule has 3 aromatic rings. The number of ether oxygens (including phenoxy) is 1. The van der Waals surface area contributed by atoms with Crippen molar-refractivity contribution in [3.05, 3.63) is 84.2 Å². The standard InChI is InChI=1S/C24H25N3O4S/c28-24(20-8-4-11-23(15-20)32(29,30)27-13-2-1-3-14-27)26-21-9-5-10-22(16-21)31-18-19-7-6-12-25-17-19/h4-12,15-17H,1-3,13-14,18H2,(H,26,28). The molecule has 32 heavy (non-hydrogen) atoms. The zero-order valence-corrected chi connectivity index (χ0v) is 18.4. The lowest BCUT2D eigenvalue weighted by Gasteiger charge is -2.26. The highest BCUT2D eigenvalue weighted by molar-refractivity contribution is 7.89. The summed E-state index contributed by atoms with van der Waals surface area (Å²) < 4.78 is 33.1. The van der Waals surface area contributed by atoms with E-state index in [9.17, 15) is 13.2 Å². The number of aromatic nitrogens is 1. The Bertz CT molecular complexity index is 1180. The van der Waals surface area contributed by atoms with Crippen molar-refractivity contribution in [1.82, 2.24) is 9.29 Å². The fourth-order valence-corrected chi connectivity index (χ4v) is 5.13. The molecule has 1 fully saturated rings. The summed E-state index contributed by atoms with van der Waals surface area (Å²) in [7, 11) is -3.60. The Kier molecular flexibility index (Phi) is 6.82. The van der Waals surface area contributed by atoms with Gasteiger partial charge in [-0.15, -0.1) is 0 Å². The van der Waals surface area contributed by atoms with Gasteiger partial charge in [-0.2, -0.15) is 4.31 Å². The van der Waals surface area contributed by atoms with Crippen LogP contribution in [0.25, 0.3) is 0 Å². The van der Waals surface area contributed by atoms with Crippen molar-refractivity contribution in [3.8, 4) is 5.75 Å². The minimum Gasteiger partial charge on any atom is -0.489 e. The molecule has 0 aliphatic carbocycles. The molecule has 0 atom stereocenters. The van der Waals surface area contributed by atoms with Gasteiger partial charge >= 0.3 is 0 Å². The Morgan fingerprint density at radius 2 is 1.81 bits per heavy atom. The largest absolute Gasteiger partial charge is 0.489 e. The van der Waals surface area contributed by atoms with E-state index in [1.54, 1.807) is 48.8 Å². The number of hydrogen-bond donors (Lipinski definition) is 1. The Balaban J connectivity index is 1.44. The van der Waals surface area contributed by atoms with E-state index in [-0.39, 0.29) is 16.4 Å². The van der Waals surface area contributed by atoms with Crippen LogP contribution in [0.15, 0.2) is 78.0 Å². The van der Waals surface area contributed by atoms with Gasteiger partial charge in [0.2, 0.25) is 10.0 Å². The Morgan fingerprint density at radius 3 is 2.59 bits per heavy atom. The molecule has 4 rings (SSSR count). The average molecular weight is 452 g/mol. The number of nitrogens with one attached hydrogen (secondary N) is 1. The predicted molar refractivity (Wildman–Crippen MR) is 122 cm³/mol. The average Bonchev–Trinajstić information content (AvgIpc) is 2.84. The molecule has 1 aliphatic rings. The predicted octanol–water partition coefficient (Wildman–Crippen LogP) is 4.09. The molecule has 1 aromatic heterocycles. The monoisotopic (exact) mass is 451 g/mol. The summed E-state index contributed by atoms with van der Waals surface area (Å²) in [6.45, 7) is 1.40. The zero-order chi connectivity index (χ0) is 22.4. The lowest BCUT2D eigenvalue weighted by atomic mass is 10.2. The van der Waals surface area contributed by atoms with Gasteiger partial charge in [-0.05, 0) is 49.2 Å². The Morgan fingerprint density at radius 1 is 1.00 bits per heavy atom. The van der Waals surface area contributed by atoms with Crippen molar-refractivity contribution in [2.45, 2.75) is 30.8 Å². The van der Waals surface area contributed by atoms with E-state index < -0.39 is 10.0 Å². The number of sulfonamides is 1. The van der Waals surface area contributed by atoms with Crippen LogP contribution in [0.1, 0.15) is 35.2 Å². The first kappa shape index (κ1) is 22.0. The van der Waals surface area contributed by atoms with E-state index in [4.69, 9.17) is 4.74 Å². The van der Waals surface area contributed by atoms with Crippen molar-refractivity contribution in [2.24, 2.45) is 0 Å². The maximum Gasteiger partial charge on any atom is 0.255 e. The number of carbonyl (C=O) groups excluding carboxylic acids is 1. The van der Waals surface area contributed by atoms with Gasteiger partial charge in [0.1, 0.15) is 12.4 Å². The summed E-state index contributed by atoms with van der Waals surface area (Å²) in [5, 5.41) is 2.82. The number of benzene rings is 2. The molecule has 1 aliphatic heterocycles. The van der Waals surface area contributed by atoms with Crippen molar-refractivity contribution in [1.29, 1.82) is 0 Å². The molecule has 8 heteroatoms. The molecule has 2 aromatic carbocycles. The first-order chi connectivity index (χ1) is 15.5. The summed E-state index contributed by atoms with van der Waals surface area (Å²) >= 11 is 0. The van der Waals surface area contributed by atoms with Crippen LogP contribution >= 0.6 is 0 Å². The topological polar surface area (TPSA) is 88.6 Å². The van der Waals surface area contributed by atoms with Gasteiger partial charge in [0, 0.05) is 48.4 Å². The fourth-order valence-electron chi connectivity index (χ4n) is 3.57. The highest BCUT2D eigenvalue weighted by Gasteiger charge is 2.26. The number of nitrogens with zero attached hydrogens (tertiary/aromatic N) is 2. The molecule has 2 heterocycles. The summed E-state index contributed by atoms with van der Waals surface area (Å²) in [4.78, 5) is 17.0. The fraction of sp³-hybridized carbons (Fsp3) is 0.250. The van der Waals surface area contributed by atoms with E-state index >= 15 is 0 Å². The third kappa shape index (κ3) is 5.33. The minimum absolute atomic E-state index is 0.139. The number of rotatable bonds is 7. The van der Waals surface area contributed by atoms with E-state index in [2.05, 4.69) is 10.3 Å². The van der Waals surface area contributed by atoms with Gasteiger partial charge in [0.05, 0.1) is 4.90 Å². The lowest BCUT2D eigenvalue weighted by molar-refractivity contribution is 0.102. The summed E-state index contributed by atoms with van der Waals surface area (Å²) in [5.74, 6) is 0.221. The van der Waals surface area contributed by atoms with Gasteiger partial charge in [-0.25, -0.2) is 8.42 Å². The zero-order valence-electron chi connectivity index (χ0n) is 17.6. The van der Waals surface area contributed by atoms with Crippen LogP contribution in [-0.4, -0.2) is 36.7 Å². The second-order valence-corrected chi connectivity index (χ2v) is 9.56. The number of piperidine rings is 1. The highest BCUT2D eigenvalue weighted by atomic mass is 32.2. The second kappa shape index (κ2) is 9.93. The molecule has 1 N–H and O–H groups in total. The molecule has 0 saturated carbocycles. The van der Waals surface area contributed by atoms with Crippen LogP contribution in [0.2, 0.25) is 0 Å². The van der Waals surface area contributed by atoms with Gasteiger partial charge in [-0.3, -0.25) is 9.78 Å². The third-order valence-corrected chi connectivity index (χ3v) is 7.16. The van der Waals surface area contributed by atoms with E-state index in [1.165, 1.54) is 16.4 Å². The Labute approximate surface area is 188 Å². The molecule has 1 saturated heterocycles. The number of amides is 1. The van der Waals surface area contributed by atoms with Crippen molar-refractivity contribution >= 4 is 21.6 Å². The smallest absolute Gasteiger partial charge is 0.255 e. The van der Waals surface area contributed by atoms with Crippen molar-refractivity contribution in [3.63, 3.8) is 0 Å². The van der Waals surface area contributed by atoms with Gasteiger partial charge in [-0.1, -0.05) is 24.6 Å². The number of anilines is 1. The number of hydrogen-bond acceptors (Lipinski definition) is 5. The molecule has 1 amide bonds. The van der Waals surface area contributed by atoms with Crippen LogP contribution in [0.4, 0.5) is 5.69 Å². The first-order valence-electron chi connectivity index (χ1n) is 10.6. The van der Waals surface area contributed by atoms with E-state index in [1.807, 2.05) is 12.1 Å². The SMILES string of the molecule is O=C(Nc1cccc(OCc2cccnc2)c1)c1cccc(S(=O)(=O)N2CCCCC2)c1. The summed E-state index contributed by atoms with van der Waals surface area (Å²) in [6, 6.07) is 17.0. The molecule has 0 unspecified atom stereocenters. The third-order valence-electron chi connectivity index (χ3n) is 5.27. The van der Waals surface area contributed by atoms with Crippen LogP contribution in [0.5, 0.6) is 5.75 Å². The molecule has 0 spiro atoms. The molecular weight excluding hydrogens is 426 g/mol. The summed E-state index contributed by atoms with van der Waals surface area (Å²) in [6.07, 6.45) is 6.19. The van der Waals surface area contributed by atoms with Crippen LogP contribution < -0.4 is 10.1 Å². The maximum absolute atomic E-state index is 12.9. The molecular formula is C24H25N3O4S. The van der Waals surface area contributed by atoms with Crippen LogP contribution in [0, 0.1) is 0 Å².